The maximum absolute atomic E-state index is 12.4. The highest BCUT2D eigenvalue weighted by atomic mass is 16.6. The van der Waals surface area contributed by atoms with Crippen molar-refractivity contribution in [3.8, 4) is 5.75 Å². The molecule has 8 heteroatoms. The van der Waals surface area contributed by atoms with E-state index in [0.29, 0.717) is 19.5 Å². The summed E-state index contributed by atoms with van der Waals surface area (Å²) >= 11 is 0. The number of methoxy groups -OCH3 is 1. The molecule has 0 radical (unpaired) electrons. The van der Waals surface area contributed by atoms with Gasteiger partial charge in [-0.3, -0.25) is 0 Å². The molecule has 4 N–H and O–H groups in total. The van der Waals surface area contributed by atoms with Gasteiger partial charge in [0, 0.05) is 31.4 Å². The number of pyridine rings is 1. The first-order chi connectivity index (χ1) is 14.1. The van der Waals surface area contributed by atoms with Crippen molar-refractivity contribution in [2.45, 2.75) is 37.6 Å². The summed E-state index contributed by atoms with van der Waals surface area (Å²) < 4.78 is 10.8. The van der Waals surface area contributed by atoms with Crippen molar-refractivity contribution in [2.24, 2.45) is 0 Å². The molecule has 0 bridgehead atoms. The first kappa shape index (κ1) is 19.5. The van der Waals surface area contributed by atoms with E-state index in [2.05, 4.69) is 20.9 Å². The zero-order valence-electron chi connectivity index (χ0n) is 16.4. The van der Waals surface area contributed by atoms with Crippen LogP contribution in [0.15, 0.2) is 36.5 Å². The van der Waals surface area contributed by atoms with Crippen molar-refractivity contribution in [2.75, 3.05) is 25.5 Å². The maximum Gasteiger partial charge on any atom is 0.407 e. The average molecular weight is 398 g/mol. The Bertz CT molecular complexity index is 858. The Hall–Kier alpha value is -2.84. The Morgan fingerprint density at radius 2 is 2.14 bits per heavy atom. The molecule has 2 aromatic rings. The predicted octanol–water partition coefficient (Wildman–Crippen LogP) is 1.23. The first-order valence-electron chi connectivity index (χ1n) is 9.83. The number of β-amino-alcohol motifs (C(OH)–C–C–N with tert-alkyl or cyclic N) is 1. The van der Waals surface area contributed by atoms with E-state index in [1.165, 1.54) is 0 Å². The van der Waals surface area contributed by atoms with Gasteiger partial charge >= 0.3 is 6.09 Å². The predicted molar refractivity (Wildman–Crippen MR) is 108 cm³/mol. The summed E-state index contributed by atoms with van der Waals surface area (Å²) in [5.74, 6) is 1.67. The molecule has 1 saturated heterocycles. The van der Waals surface area contributed by atoms with Gasteiger partial charge in [0.25, 0.3) is 0 Å². The third-order valence-electron chi connectivity index (χ3n) is 5.47. The lowest BCUT2D eigenvalue weighted by atomic mass is 10.0. The number of aliphatic hydroxyl groups is 1. The van der Waals surface area contributed by atoms with Gasteiger partial charge in [0.1, 0.15) is 23.8 Å². The number of hydrogen-bond acceptors (Lipinski definition) is 7. The molecule has 8 nitrogen and oxygen atoms in total. The summed E-state index contributed by atoms with van der Waals surface area (Å²) in [5.41, 5.74) is 3.23. The van der Waals surface area contributed by atoms with Crippen LogP contribution in [0.2, 0.25) is 0 Å². The van der Waals surface area contributed by atoms with Gasteiger partial charge in [0.05, 0.1) is 13.2 Å². The number of hydrogen-bond donors (Lipinski definition) is 4. The number of aliphatic hydroxyl groups excluding tert-OH is 1. The fourth-order valence-electron chi connectivity index (χ4n) is 3.90. The van der Waals surface area contributed by atoms with Crippen molar-refractivity contribution in [1.29, 1.82) is 0 Å². The van der Waals surface area contributed by atoms with E-state index in [4.69, 9.17) is 9.47 Å². The van der Waals surface area contributed by atoms with Crippen LogP contribution in [0.25, 0.3) is 0 Å². The van der Waals surface area contributed by atoms with E-state index in [-0.39, 0.29) is 6.04 Å². The second-order valence-electron chi connectivity index (χ2n) is 7.33. The molecule has 2 aliphatic heterocycles. The number of carbonyl (C=O) groups excluding carboxylic acids is 1. The number of anilines is 1. The fraction of sp³-hybridized carbons (Fsp3) is 0.429. The van der Waals surface area contributed by atoms with Gasteiger partial charge < -0.3 is 30.5 Å². The number of alkyl carbamates (subject to hydrolysis) is 1. The van der Waals surface area contributed by atoms with Crippen LogP contribution in [-0.2, 0) is 24.1 Å². The summed E-state index contributed by atoms with van der Waals surface area (Å²) in [6.07, 6.45) is 1.39. The summed E-state index contributed by atoms with van der Waals surface area (Å²) in [4.78, 5) is 16.7. The molecule has 2 aliphatic rings. The summed E-state index contributed by atoms with van der Waals surface area (Å²) in [6, 6.07) is 9.49. The second kappa shape index (κ2) is 8.67. The lowest BCUT2D eigenvalue weighted by molar-refractivity contribution is 0.0188. The van der Waals surface area contributed by atoms with E-state index in [9.17, 15) is 9.90 Å². The molecule has 4 rings (SSSR count). The van der Waals surface area contributed by atoms with Crippen LogP contribution in [-0.4, -0.2) is 54.6 Å². The molecule has 154 valence electrons. The lowest BCUT2D eigenvalue weighted by Crippen LogP contribution is -2.41. The number of fused-ring (bicyclic) bond motifs is 1. The minimum absolute atomic E-state index is 0.154. The van der Waals surface area contributed by atoms with Crippen LogP contribution in [0.5, 0.6) is 5.75 Å². The van der Waals surface area contributed by atoms with Crippen LogP contribution in [0.1, 0.15) is 16.7 Å². The second-order valence-corrected chi connectivity index (χ2v) is 7.33. The molecule has 0 aliphatic carbocycles. The number of amides is 1. The zero-order valence-corrected chi connectivity index (χ0v) is 16.4. The van der Waals surface area contributed by atoms with Gasteiger partial charge in [0.15, 0.2) is 0 Å². The van der Waals surface area contributed by atoms with Crippen LogP contribution >= 0.6 is 0 Å². The summed E-state index contributed by atoms with van der Waals surface area (Å²) in [7, 11) is 1.63. The maximum atomic E-state index is 12.4. The number of nitrogens with zero attached hydrogens (tertiary/aromatic N) is 1. The highest BCUT2D eigenvalue weighted by Gasteiger charge is 2.37. The summed E-state index contributed by atoms with van der Waals surface area (Å²) in [5, 5.41) is 19.5. The van der Waals surface area contributed by atoms with Crippen molar-refractivity contribution < 1.29 is 19.4 Å². The standard InChI is InChI=1S/C21H26N4O4/c1-28-15-4-2-13(3-5-15)10-17-19(18(26)12-24-17)29-21(27)25-11-14-6-8-22-20-16(14)7-9-23-20/h2-6,8,17-19,24,26H,7,9-12H2,1H3,(H,22,23)(H,25,27)/t17-,18+,19+/m1/s1. The molecule has 1 aromatic carbocycles. The van der Waals surface area contributed by atoms with Crippen LogP contribution in [0.4, 0.5) is 10.6 Å². The zero-order chi connectivity index (χ0) is 20.2. The monoisotopic (exact) mass is 398 g/mol. The van der Waals surface area contributed by atoms with E-state index >= 15 is 0 Å². The number of carbonyl (C=O) groups is 1. The molecule has 1 amide bonds. The molecule has 1 fully saturated rings. The van der Waals surface area contributed by atoms with Gasteiger partial charge in [-0.25, -0.2) is 9.78 Å². The largest absolute Gasteiger partial charge is 0.497 e. The number of nitrogens with one attached hydrogen (secondary N) is 3. The highest BCUT2D eigenvalue weighted by molar-refractivity contribution is 5.68. The van der Waals surface area contributed by atoms with E-state index in [0.717, 1.165) is 41.2 Å². The quantitative estimate of drug-likeness (QED) is 0.580. The fourth-order valence-corrected chi connectivity index (χ4v) is 3.90. The Labute approximate surface area is 169 Å². The SMILES string of the molecule is COc1ccc(C[C@H]2NC[C@H](O)[C@H]2OC(=O)NCc2ccnc3c2CCN3)cc1. The van der Waals surface area contributed by atoms with E-state index in [1.807, 2.05) is 30.3 Å². The van der Waals surface area contributed by atoms with Crippen molar-refractivity contribution >= 4 is 11.9 Å². The summed E-state index contributed by atoms with van der Waals surface area (Å²) in [6.45, 7) is 1.61. The first-order valence-corrected chi connectivity index (χ1v) is 9.83. The van der Waals surface area contributed by atoms with Gasteiger partial charge in [-0.05, 0) is 42.2 Å². The molecule has 29 heavy (non-hydrogen) atoms. The molecule has 3 heterocycles. The van der Waals surface area contributed by atoms with Gasteiger partial charge in [0.2, 0.25) is 0 Å². The van der Waals surface area contributed by atoms with Crippen molar-refractivity contribution in [3.05, 3.63) is 53.2 Å². The van der Waals surface area contributed by atoms with Crippen LogP contribution in [0.3, 0.4) is 0 Å². The minimum atomic E-state index is -0.738. The Kier molecular flexibility index (Phi) is 5.82. The molecular formula is C21H26N4O4. The van der Waals surface area contributed by atoms with Gasteiger partial charge in [-0.1, -0.05) is 12.1 Å². The van der Waals surface area contributed by atoms with Gasteiger partial charge in [-0.15, -0.1) is 0 Å². The third-order valence-corrected chi connectivity index (χ3v) is 5.47. The number of aromatic nitrogens is 1. The topological polar surface area (TPSA) is 105 Å². The number of ether oxygens (including phenoxy) is 2. The number of benzene rings is 1. The van der Waals surface area contributed by atoms with Crippen LogP contribution in [0, 0.1) is 0 Å². The lowest BCUT2D eigenvalue weighted by Gasteiger charge is -2.22. The smallest absolute Gasteiger partial charge is 0.407 e. The Morgan fingerprint density at radius 1 is 1.31 bits per heavy atom. The number of rotatable bonds is 6. The molecule has 1 aromatic heterocycles. The Balaban J connectivity index is 1.34. The van der Waals surface area contributed by atoms with Crippen LogP contribution < -0.4 is 20.7 Å². The third kappa shape index (κ3) is 4.44. The van der Waals surface area contributed by atoms with Gasteiger partial charge in [-0.2, -0.15) is 0 Å². The van der Waals surface area contributed by atoms with Crippen molar-refractivity contribution in [3.63, 3.8) is 0 Å². The van der Waals surface area contributed by atoms with E-state index < -0.39 is 18.3 Å². The molecular weight excluding hydrogens is 372 g/mol. The van der Waals surface area contributed by atoms with Crippen molar-refractivity contribution in [1.82, 2.24) is 15.6 Å². The van der Waals surface area contributed by atoms with E-state index in [1.54, 1.807) is 13.3 Å². The average Bonchev–Trinajstić information content (AvgIpc) is 3.35. The highest BCUT2D eigenvalue weighted by Crippen LogP contribution is 2.23. The normalized spacial score (nSPS) is 22.6. The molecule has 0 spiro atoms. The molecule has 0 unspecified atom stereocenters. The molecule has 0 saturated carbocycles. The Morgan fingerprint density at radius 3 is 2.93 bits per heavy atom. The minimum Gasteiger partial charge on any atom is -0.497 e. The molecule has 3 atom stereocenters.